The zero-order chi connectivity index (χ0) is 19.2. The van der Waals surface area contributed by atoms with E-state index < -0.39 is 0 Å². The Bertz CT molecular complexity index is 1000. The molecule has 27 heavy (non-hydrogen) atoms. The lowest BCUT2D eigenvalue weighted by Crippen LogP contribution is -2.24. The summed E-state index contributed by atoms with van der Waals surface area (Å²) in [6, 6.07) is 18.6. The van der Waals surface area contributed by atoms with Crippen LogP contribution in [0.2, 0.25) is 0 Å². The number of hydrogen-bond acceptors (Lipinski definition) is 3. The van der Waals surface area contributed by atoms with Crippen molar-refractivity contribution in [2.75, 3.05) is 12.4 Å². The molecule has 138 valence electrons. The average molecular weight is 427 g/mol. The number of methoxy groups -OCH3 is 1. The Morgan fingerprint density at radius 3 is 2.56 bits per heavy atom. The molecule has 5 nitrogen and oxygen atoms in total. The zero-order valence-electron chi connectivity index (χ0n) is 14.8. The average Bonchev–Trinajstić information content (AvgIpc) is 2.70. The predicted molar refractivity (Wildman–Crippen MR) is 109 cm³/mol. The second kappa shape index (κ2) is 8.68. The summed E-state index contributed by atoms with van der Waals surface area (Å²) in [5, 5.41) is 2.83. The number of nitrogens with one attached hydrogen (secondary N) is 1. The molecule has 6 heteroatoms. The number of ether oxygens (including phenoxy) is 1. The number of nitrogens with zero attached hydrogens (tertiary/aromatic N) is 1. The third kappa shape index (κ3) is 4.65. The Hall–Kier alpha value is -2.86. The van der Waals surface area contributed by atoms with Gasteiger partial charge in [-0.05, 0) is 46.1 Å². The van der Waals surface area contributed by atoms with E-state index in [0.29, 0.717) is 34.4 Å². The first kappa shape index (κ1) is 18.9. The number of hydrogen-bond donors (Lipinski definition) is 1. The first-order valence-corrected chi connectivity index (χ1v) is 9.26. The third-order valence-corrected chi connectivity index (χ3v) is 4.71. The Balaban J connectivity index is 1.82. The summed E-state index contributed by atoms with van der Waals surface area (Å²) in [6.07, 6.45) is 2.28. The van der Waals surface area contributed by atoms with E-state index in [1.54, 1.807) is 30.0 Å². The summed E-state index contributed by atoms with van der Waals surface area (Å²) in [6.45, 7) is 0.483. The molecular weight excluding hydrogens is 408 g/mol. The van der Waals surface area contributed by atoms with Crippen molar-refractivity contribution >= 4 is 27.5 Å². The number of carbonyl (C=O) groups is 1. The highest BCUT2D eigenvalue weighted by Crippen LogP contribution is 2.23. The normalized spacial score (nSPS) is 10.4. The fourth-order valence-corrected chi connectivity index (χ4v) is 3.20. The summed E-state index contributed by atoms with van der Waals surface area (Å²) < 4.78 is 7.16. The highest BCUT2D eigenvalue weighted by Gasteiger charge is 2.13. The van der Waals surface area contributed by atoms with E-state index in [0.717, 1.165) is 5.56 Å². The Morgan fingerprint density at radius 1 is 1.11 bits per heavy atom. The van der Waals surface area contributed by atoms with Crippen molar-refractivity contribution in [2.45, 2.75) is 13.0 Å². The molecule has 0 radical (unpaired) electrons. The van der Waals surface area contributed by atoms with Crippen LogP contribution in [0.3, 0.4) is 0 Å². The van der Waals surface area contributed by atoms with Gasteiger partial charge in [0.05, 0.1) is 22.8 Å². The first-order chi connectivity index (χ1) is 13.1. The molecule has 2 aromatic carbocycles. The molecule has 1 aromatic heterocycles. The highest BCUT2D eigenvalue weighted by molar-refractivity contribution is 9.10. The van der Waals surface area contributed by atoms with Crippen LogP contribution in [0.5, 0.6) is 5.75 Å². The number of aromatic nitrogens is 1. The van der Waals surface area contributed by atoms with Crippen LogP contribution in [-0.4, -0.2) is 17.6 Å². The molecule has 1 amide bonds. The lowest BCUT2D eigenvalue weighted by Gasteiger charge is -2.12. The van der Waals surface area contributed by atoms with Crippen molar-refractivity contribution in [3.05, 3.63) is 92.8 Å². The van der Waals surface area contributed by atoms with Gasteiger partial charge in [-0.25, -0.2) is 0 Å². The van der Waals surface area contributed by atoms with Gasteiger partial charge in [-0.3, -0.25) is 9.59 Å². The number of para-hydroxylation sites is 2. The first-order valence-electron chi connectivity index (χ1n) is 8.47. The number of halogens is 1. The van der Waals surface area contributed by atoms with Gasteiger partial charge in [0.15, 0.2) is 0 Å². The Labute approximate surface area is 165 Å². The molecular formula is C21H19BrN2O3. The highest BCUT2D eigenvalue weighted by atomic mass is 79.9. The fraction of sp³-hybridized carbons (Fsp3) is 0.143. The molecule has 0 aliphatic heterocycles. The maximum absolute atomic E-state index is 12.7. The van der Waals surface area contributed by atoms with E-state index in [2.05, 4.69) is 21.2 Å². The summed E-state index contributed by atoms with van der Waals surface area (Å²) in [5.74, 6) is 0.260. The van der Waals surface area contributed by atoms with Crippen LogP contribution >= 0.6 is 15.9 Å². The van der Waals surface area contributed by atoms with E-state index in [4.69, 9.17) is 4.74 Å². The van der Waals surface area contributed by atoms with Crippen molar-refractivity contribution in [1.29, 1.82) is 0 Å². The summed E-state index contributed by atoms with van der Waals surface area (Å²) in [7, 11) is 1.55. The zero-order valence-corrected chi connectivity index (χ0v) is 16.4. The third-order valence-electron chi connectivity index (χ3n) is 4.14. The number of rotatable bonds is 6. The van der Waals surface area contributed by atoms with Crippen molar-refractivity contribution < 1.29 is 9.53 Å². The summed E-state index contributed by atoms with van der Waals surface area (Å²) in [5.41, 5.74) is 1.92. The number of amides is 1. The number of anilines is 1. The Morgan fingerprint density at radius 2 is 1.81 bits per heavy atom. The monoisotopic (exact) mass is 426 g/mol. The quantitative estimate of drug-likeness (QED) is 0.644. The van der Waals surface area contributed by atoms with Gasteiger partial charge in [-0.1, -0.05) is 42.5 Å². The van der Waals surface area contributed by atoms with Crippen LogP contribution in [0.25, 0.3) is 0 Å². The minimum absolute atomic E-state index is 0.167. The number of pyridine rings is 1. The molecule has 0 aliphatic carbocycles. The minimum atomic E-state index is -0.311. The van der Waals surface area contributed by atoms with Gasteiger partial charge < -0.3 is 14.6 Å². The SMILES string of the molecule is COc1ccccc1NC(=O)c1cc(Br)c(=O)n(CCc2ccccc2)c1. The van der Waals surface area contributed by atoms with Crippen LogP contribution in [0.4, 0.5) is 5.69 Å². The number of benzene rings is 2. The van der Waals surface area contributed by atoms with Gasteiger partial charge in [0, 0.05) is 12.7 Å². The molecule has 0 bridgehead atoms. The largest absolute Gasteiger partial charge is 0.495 e. The van der Waals surface area contributed by atoms with Gasteiger partial charge >= 0.3 is 0 Å². The van der Waals surface area contributed by atoms with E-state index >= 15 is 0 Å². The second-order valence-electron chi connectivity index (χ2n) is 5.97. The van der Waals surface area contributed by atoms with E-state index in [9.17, 15) is 9.59 Å². The van der Waals surface area contributed by atoms with Crippen molar-refractivity contribution in [3.63, 3.8) is 0 Å². The standard InChI is InChI=1S/C21H19BrN2O3/c1-27-19-10-6-5-9-18(19)23-20(25)16-13-17(22)21(26)24(14-16)12-11-15-7-3-2-4-8-15/h2-10,13-14H,11-12H2,1H3,(H,23,25). The van der Waals surface area contributed by atoms with Crippen LogP contribution in [0.15, 0.2) is 76.1 Å². The van der Waals surface area contributed by atoms with E-state index in [1.807, 2.05) is 42.5 Å². The molecule has 3 aromatic rings. The number of carbonyl (C=O) groups excluding carboxylic acids is 1. The number of aryl methyl sites for hydroxylation is 2. The molecule has 0 saturated carbocycles. The molecule has 1 N–H and O–H groups in total. The minimum Gasteiger partial charge on any atom is -0.495 e. The molecule has 3 rings (SSSR count). The molecule has 0 fully saturated rings. The van der Waals surface area contributed by atoms with Gasteiger partial charge in [0.25, 0.3) is 11.5 Å². The van der Waals surface area contributed by atoms with Crippen molar-refractivity contribution in [2.24, 2.45) is 0 Å². The maximum Gasteiger partial charge on any atom is 0.264 e. The van der Waals surface area contributed by atoms with Gasteiger partial charge in [0.1, 0.15) is 5.75 Å². The molecule has 1 heterocycles. The fourth-order valence-electron chi connectivity index (χ4n) is 2.73. The van der Waals surface area contributed by atoms with E-state index in [1.165, 1.54) is 6.07 Å². The predicted octanol–water partition coefficient (Wildman–Crippen LogP) is 4.11. The molecule has 0 atom stereocenters. The second-order valence-corrected chi connectivity index (χ2v) is 6.82. The van der Waals surface area contributed by atoms with Gasteiger partial charge in [-0.15, -0.1) is 0 Å². The van der Waals surface area contributed by atoms with Crippen molar-refractivity contribution in [3.8, 4) is 5.75 Å². The topological polar surface area (TPSA) is 60.3 Å². The van der Waals surface area contributed by atoms with E-state index in [-0.39, 0.29) is 11.5 Å². The summed E-state index contributed by atoms with van der Waals surface area (Å²) in [4.78, 5) is 25.1. The molecule has 0 saturated heterocycles. The van der Waals surface area contributed by atoms with Crippen LogP contribution < -0.4 is 15.6 Å². The molecule has 0 aliphatic rings. The van der Waals surface area contributed by atoms with Gasteiger partial charge in [0.2, 0.25) is 0 Å². The van der Waals surface area contributed by atoms with Crippen LogP contribution in [0.1, 0.15) is 15.9 Å². The van der Waals surface area contributed by atoms with Crippen LogP contribution in [-0.2, 0) is 13.0 Å². The van der Waals surface area contributed by atoms with Crippen LogP contribution in [0, 0.1) is 0 Å². The molecule has 0 unspecified atom stereocenters. The lowest BCUT2D eigenvalue weighted by atomic mass is 10.1. The smallest absolute Gasteiger partial charge is 0.264 e. The summed E-state index contributed by atoms with van der Waals surface area (Å²) >= 11 is 3.27. The van der Waals surface area contributed by atoms with Crippen molar-refractivity contribution in [1.82, 2.24) is 4.57 Å². The molecule has 0 spiro atoms. The maximum atomic E-state index is 12.7. The Kier molecular flexibility index (Phi) is 6.08. The van der Waals surface area contributed by atoms with Gasteiger partial charge in [-0.2, -0.15) is 0 Å². The lowest BCUT2D eigenvalue weighted by molar-refractivity contribution is 0.102.